The summed E-state index contributed by atoms with van der Waals surface area (Å²) in [5.74, 6) is -2.35. The molecule has 1 heterocycles. The minimum atomic E-state index is -2.56. The van der Waals surface area contributed by atoms with Gasteiger partial charge in [0.25, 0.3) is 0 Å². The lowest BCUT2D eigenvalue weighted by Crippen LogP contribution is -2.14. The third-order valence-electron chi connectivity index (χ3n) is 3.12. The number of hydrogen-bond donors (Lipinski definition) is 0. The Hall–Kier alpha value is -1.52. The minimum Gasteiger partial charge on any atom is -0.491 e. The Morgan fingerprint density at radius 1 is 1.56 bits per heavy atom. The molecule has 0 radical (unpaired) electrons. The van der Waals surface area contributed by atoms with Crippen LogP contribution in [0.5, 0.6) is 5.75 Å². The number of pyridine rings is 1. The zero-order valence-electron chi connectivity index (χ0n) is 10.2. The van der Waals surface area contributed by atoms with Crippen LogP contribution in [0.3, 0.4) is 0 Å². The molecule has 18 heavy (non-hydrogen) atoms. The molecular weight excluding hydrogens is 240 g/mol. The van der Waals surface area contributed by atoms with Gasteiger partial charge in [-0.2, -0.15) is 0 Å². The van der Waals surface area contributed by atoms with Crippen LogP contribution in [0.1, 0.15) is 35.4 Å². The van der Waals surface area contributed by atoms with Crippen LogP contribution < -0.4 is 4.74 Å². The predicted molar refractivity (Wildman–Crippen MR) is 62.1 cm³/mol. The van der Waals surface area contributed by atoms with Crippen molar-refractivity contribution in [2.45, 2.75) is 32.1 Å². The number of carbonyl (C=O) groups is 1. The number of rotatable bonds is 4. The van der Waals surface area contributed by atoms with Crippen LogP contribution in [-0.2, 0) is 0 Å². The monoisotopic (exact) mass is 255 g/mol. The molecule has 1 atom stereocenters. The quantitative estimate of drug-likeness (QED) is 0.776. The van der Waals surface area contributed by atoms with E-state index in [0.29, 0.717) is 18.5 Å². The number of ether oxygens (including phenoxy) is 1. The first-order chi connectivity index (χ1) is 8.50. The summed E-state index contributed by atoms with van der Waals surface area (Å²) in [6, 6.07) is 3.38. The van der Waals surface area contributed by atoms with Gasteiger partial charge in [-0.15, -0.1) is 0 Å². The van der Waals surface area contributed by atoms with Crippen molar-refractivity contribution in [2.75, 3.05) is 6.61 Å². The molecule has 0 bridgehead atoms. The molecule has 5 heteroatoms. The summed E-state index contributed by atoms with van der Waals surface area (Å²) in [5.41, 5.74) is 0.941. The van der Waals surface area contributed by atoms with Crippen molar-refractivity contribution in [2.24, 2.45) is 5.92 Å². The summed E-state index contributed by atoms with van der Waals surface area (Å²) in [7, 11) is 0. The third-order valence-corrected chi connectivity index (χ3v) is 3.12. The number of hydrogen-bond acceptors (Lipinski definition) is 3. The normalized spacial score (nSPS) is 21.8. The highest BCUT2D eigenvalue weighted by molar-refractivity contribution is 5.76. The van der Waals surface area contributed by atoms with Gasteiger partial charge in [0.2, 0.25) is 5.92 Å². The number of aryl methyl sites for hydroxylation is 1. The summed E-state index contributed by atoms with van der Waals surface area (Å²) in [5, 5.41) is 0. The molecule has 0 amide bonds. The minimum absolute atomic E-state index is 0.0757. The zero-order chi connectivity index (χ0) is 13.2. The Morgan fingerprint density at radius 2 is 2.33 bits per heavy atom. The molecule has 1 unspecified atom stereocenters. The summed E-state index contributed by atoms with van der Waals surface area (Å²) in [6.45, 7) is 1.98. The van der Waals surface area contributed by atoms with Gasteiger partial charge >= 0.3 is 0 Å². The van der Waals surface area contributed by atoms with E-state index < -0.39 is 5.92 Å². The number of nitrogens with zero attached hydrogens (tertiary/aromatic N) is 1. The van der Waals surface area contributed by atoms with E-state index in [1.54, 1.807) is 19.1 Å². The van der Waals surface area contributed by atoms with Crippen LogP contribution in [0.15, 0.2) is 12.1 Å². The van der Waals surface area contributed by atoms with Gasteiger partial charge in [0.15, 0.2) is 6.29 Å². The number of carbonyl (C=O) groups excluding carboxylic acids is 1. The summed E-state index contributed by atoms with van der Waals surface area (Å²) in [6.07, 6.45) is 0.866. The Bertz CT molecular complexity index is 449. The SMILES string of the molecule is Cc1ccc(OCC2CCC(F)(F)C2)c(C=O)n1. The second-order valence-electron chi connectivity index (χ2n) is 4.73. The fourth-order valence-electron chi connectivity index (χ4n) is 2.16. The molecular formula is C13H15F2NO2. The van der Waals surface area contributed by atoms with Gasteiger partial charge in [0, 0.05) is 18.5 Å². The molecule has 1 aliphatic rings. The van der Waals surface area contributed by atoms with Crippen LogP contribution in [0.25, 0.3) is 0 Å². The molecule has 0 N–H and O–H groups in total. The van der Waals surface area contributed by atoms with Crippen molar-refractivity contribution >= 4 is 6.29 Å². The van der Waals surface area contributed by atoms with Crippen molar-refractivity contribution < 1.29 is 18.3 Å². The largest absolute Gasteiger partial charge is 0.491 e. The van der Waals surface area contributed by atoms with Crippen molar-refractivity contribution in [3.05, 3.63) is 23.5 Å². The first kappa shape index (κ1) is 12.9. The van der Waals surface area contributed by atoms with Gasteiger partial charge in [-0.1, -0.05) is 0 Å². The number of aldehydes is 1. The number of alkyl halides is 2. The molecule has 1 aliphatic carbocycles. The van der Waals surface area contributed by atoms with Gasteiger partial charge in [-0.05, 0) is 31.4 Å². The third kappa shape index (κ3) is 3.03. The smallest absolute Gasteiger partial charge is 0.248 e. The first-order valence-electron chi connectivity index (χ1n) is 5.93. The van der Waals surface area contributed by atoms with E-state index in [1.807, 2.05) is 0 Å². The van der Waals surface area contributed by atoms with E-state index in [-0.39, 0.29) is 31.1 Å². The number of halogens is 2. The number of aromatic nitrogens is 1. The van der Waals surface area contributed by atoms with Gasteiger partial charge in [0.05, 0.1) is 6.61 Å². The van der Waals surface area contributed by atoms with Gasteiger partial charge in [-0.25, -0.2) is 13.8 Å². The second-order valence-corrected chi connectivity index (χ2v) is 4.73. The van der Waals surface area contributed by atoms with Gasteiger partial charge < -0.3 is 4.74 Å². The maximum absolute atomic E-state index is 13.0. The van der Waals surface area contributed by atoms with Gasteiger partial charge in [0.1, 0.15) is 11.4 Å². The highest BCUT2D eigenvalue weighted by Crippen LogP contribution is 2.38. The average molecular weight is 255 g/mol. The highest BCUT2D eigenvalue weighted by Gasteiger charge is 2.39. The van der Waals surface area contributed by atoms with Crippen LogP contribution >= 0.6 is 0 Å². The molecule has 0 aliphatic heterocycles. The van der Waals surface area contributed by atoms with E-state index in [1.165, 1.54) is 0 Å². The van der Waals surface area contributed by atoms with Crippen molar-refractivity contribution in [3.63, 3.8) is 0 Å². The molecule has 0 aromatic carbocycles. The zero-order valence-corrected chi connectivity index (χ0v) is 10.2. The van der Waals surface area contributed by atoms with Crippen LogP contribution in [0, 0.1) is 12.8 Å². The Labute approximate surface area is 104 Å². The molecule has 1 aromatic rings. The van der Waals surface area contributed by atoms with Crippen LogP contribution in [0.2, 0.25) is 0 Å². The lowest BCUT2D eigenvalue weighted by atomic mass is 10.1. The van der Waals surface area contributed by atoms with E-state index in [4.69, 9.17) is 4.74 Å². The van der Waals surface area contributed by atoms with E-state index in [0.717, 1.165) is 5.69 Å². The standard InChI is InChI=1S/C13H15F2NO2/c1-9-2-3-12(11(7-17)16-9)18-8-10-4-5-13(14,15)6-10/h2-3,7,10H,4-6,8H2,1H3. The van der Waals surface area contributed by atoms with E-state index in [2.05, 4.69) is 4.98 Å². The predicted octanol–water partition coefficient (Wildman–Crippen LogP) is 3.02. The van der Waals surface area contributed by atoms with Crippen LogP contribution in [-0.4, -0.2) is 23.8 Å². The molecule has 1 aromatic heterocycles. The molecule has 1 fully saturated rings. The Balaban J connectivity index is 1.96. The summed E-state index contributed by atoms with van der Waals surface area (Å²) < 4.78 is 31.4. The molecule has 2 rings (SSSR count). The van der Waals surface area contributed by atoms with Crippen molar-refractivity contribution in [1.29, 1.82) is 0 Å². The Kier molecular flexibility index (Phi) is 3.59. The maximum atomic E-state index is 13.0. The maximum Gasteiger partial charge on any atom is 0.248 e. The first-order valence-corrected chi connectivity index (χ1v) is 5.93. The van der Waals surface area contributed by atoms with Crippen molar-refractivity contribution in [3.8, 4) is 5.75 Å². The van der Waals surface area contributed by atoms with Crippen LogP contribution in [0.4, 0.5) is 8.78 Å². The van der Waals surface area contributed by atoms with Crippen molar-refractivity contribution in [1.82, 2.24) is 4.98 Å². The summed E-state index contributed by atoms with van der Waals surface area (Å²) >= 11 is 0. The lowest BCUT2D eigenvalue weighted by Gasteiger charge is -2.13. The van der Waals surface area contributed by atoms with E-state index >= 15 is 0 Å². The Morgan fingerprint density at radius 3 is 2.94 bits per heavy atom. The fraction of sp³-hybridized carbons (Fsp3) is 0.538. The highest BCUT2D eigenvalue weighted by atomic mass is 19.3. The molecule has 3 nitrogen and oxygen atoms in total. The second kappa shape index (κ2) is 5.00. The summed E-state index contributed by atoms with van der Waals surface area (Å²) in [4.78, 5) is 14.8. The van der Waals surface area contributed by atoms with E-state index in [9.17, 15) is 13.6 Å². The lowest BCUT2D eigenvalue weighted by molar-refractivity contribution is 0.00289. The molecule has 0 saturated heterocycles. The van der Waals surface area contributed by atoms with Gasteiger partial charge in [-0.3, -0.25) is 4.79 Å². The average Bonchev–Trinajstić information content (AvgIpc) is 2.67. The topological polar surface area (TPSA) is 39.2 Å². The molecule has 0 spiro atoms. The molecule has 98 valence electrons. The fourth-order valence-corrected chi connectivity index (χ4v) is 2.16. The molecule has 1 saturated carbocycles.